The van der Waals surface area contributed by atoms with Crippen molar-refractivity contribution in [1.29, 1.82) is 0 Å². The van der Waals surface area contributed by atoms with Crippen LogP contribution in [0.1, 0.15) is 18.4 Å². The van der Waals surface area contributed by atoms with Crippen molar-refractivity contribution in [2.24, 2.45) is 0 Å². The number of rotatable bonds is 4. The molecule has 0 saturated carbocycles. The SMILES string of the molecule is O=C(CCCCl)Nc1ccc(Br)cc1C(F)(F)F. The first-order chi connectivity index (χ1) is 8.34. The lowest BCUT2D eigenvalue weighted by Gasteiger charge is -2.14. The molecule has 1 aromatic rings. The number of alkyl halides is 4. The first-order valence-corrected chi connectivity index (χ1v) is 6.40. The second-order valence-electron chi connectivity index (χ2n) is 3.53. The Morgan fingerprint density at radius 1 is 1.39 bits per heavy atom. The van der Waals surface area contributed by atoms with Crippen LogP contribution in [0.2, 0.25) is 0 Å². The van der Waals surface area contributed by atoms with E-state index < -0.39 is 17.6 Å². The first kappa shape index (κ1) is 15.3. The molecule has 0 spiro atoms. The summed E-state index contributed by atoms with van der Waals surface area (Å²) in [6, 6.07) is 3.58. The van der Waals surface area contributed by atoms with Crippen LogP contribution in [-0.4, -0.2) is 11.8 Å². The molecule has 0 fully saturated rings. The Hall–Kier alpha value is -0.750. The minimum Gasteiger partial charge on any atom is -0.326 e. The molecule has 0 aliphatic rings. The van der Waals surface area contributed by atoms with Crippen LogP contribution in [0.15, 0.2) is 22.7 Å². The third-order valence-corrected chi connectivity index (χ3v) is 2.86. The number of hydrogen-bond donors (Lipinski definition) is 1. The van der Waals surface area contributed by atoms with Gasteiger partial charge in [0.15, 0.2) is 0 Å². The van der Waals surface area contributed by atoms with E-state index in [0.29, 0.717) is 16.8 Å². The van der Waals surface area contributed by atoms with Crippen molar-refractivity contribution in [3.63, 3.8) is 0 Å². The van der Waals surface area contributed by atoms with Gasteiger partial charge in [0.1, 0.15) is 0 Å². The average Bonchev–Trinajstić information content (AvgIpc) is 2.27. The summed E-state index contributed by atoms with van der Waals surface area (Å²) < 4.78 is 38.5. The van der Waals surface area contributed by atoms with E-state index in [4.69, 9.17) is 11.6 Å². The minimum atomic E-state index is -4.52. The molecule has 0 aliphatic carbocycles. The van der Waals surface area contributed by atoms with Gasteiger partial charge in [-0.05, 0) is 24.6 Å². The topological polar surface area (TPSA) is 29.1 Å². The highest BCUT2D eigenvalue weighted by Crippen LogP contribution is 2.36. The Bertz CT molecular complexity index is 437. The number of halogens is 5. The van der Waals surface area contributed by atoms with E-state index >= 15 is 0 Å². The normalized spacial score (nSPS) is 11.4. The second kappa shape index (κ2) is 6.43. The monoisotopic (exact) mass is 343 g/mol. The van der Waals surface area contributed by atoms with Crippen LogP contribution in [0.4, 0.5) is 18.9 Å². The molecule has 0 bridgehead atoms. The molecule has 0 unspecified atom stereocenters. The number of amides is 1. The van der Waals surface area contributed by atoms with Crippen LogP contribution in [0.25, 0.3) is 0 Å². The van der Waals surface area contributed by atoms with E-state index in [0.717, 1.165) is 6.07 Å². The van der Waals surface area contributed by atoms with Crippen LogP contribution in [0.5, 0.6) is 0 Å². The van der Waals surface area contributed by atoms with Gasteiger partial charge in [-0.1, -0.05) is 15.9 Å². The predicted octanol–water partition coefficient (Wildman–Crippen LogP) is 4.43. The van der Waals surface area contributed by atoms with Gasteiger partial charge < -0.3 is 5.32 Å². The summed E-state index contributed by atoms with van der Waals surface area (Å²) in [5, 5.41) is 2.24. The molecular formula is C11H10BrClF3NO. The fourth-order valence-corrected chi connectivity index (χ4v) is 1.79. The number of nitrogens with one attached hydrogen (secondary N) is 1. The van der Waals surface area contributed by atoms with Gasteiger partial charge in [0.05, 0.1) is 11.3 Å². The van der Waals surface area contributed by atoms with Crippen molar-refractivity contribution >= 4 is 39.1 Å². The van der Waals surface area contributed by atoms with Crippen LogP contribution >= 0.6 is 27.5 Å². The maximum Gasteiger partial charge on any atom is 0.418 e. The summed E-state index contributed by atoms with van der Waals surface area (Å²) in [5.74, 6) is -0.191. The maximum atomic E-state index is 12.7. The van der Waals surface area contributed by atoms with E-state index in [1.165, 1.54) is 12.1 Å². The van der Waals surface area contributed by atoms with E-state index in [2.05, 4.69) is 21.2 Å². The second-order valence-corrected chi connectivity index (χ2v) is 4.82. The number of benzene rings is 1. The molecule has 1 N–H and O–H groups in total. The molecular weight excluding hydrogens is 334 g/mol. The van der Waals surface area contributed by atoms with Crippen LogP contribution in [0, 0.1) is 0 Å². The van der Waals surface area contributed by atoms with E-state index in [1.807, 2.05) is 0 Å². The molecule has 0 atom stereocenters. The summed E-state index contributed by atoms with van der Waals surface area (Å²) in [7, 11) is 0. The summed E-state index contributed by atoms with van der Waals surface area (Å²) in [4.78, 5) is 11.4. The molecule has 1 aromatic carbocycles. The molecule has 7 heteroatoms. The van der Waals surface area contributed by atoms with E-state index in [9.17, 15) is 18.0 Å². The van der Waals surface area contributed by atoms with Gasteiger partial charge in [-0.25, -0.2) is 0 Å². The smallest absolute Gasteiger partial charge is 0.326 e. The highest BCUT2D eigenvalue weighted by molar-refractivity contribution is 9.10. The Morgan fingerprint density at radius 3 is 2.61 bits per heavy atom. The van der Waals surface area contributed by atoms with Crippen molar-refractivity contribution in [3.05, 3.63) is 28.2 Å². The number of anilines is 1. The van der Waals surface area contributed by atoms with Crippen molar-refractivity contribution in [1.82, 2.24) is 0 Å². The highest BCUT2D eigenvalue weighted by atomic mass is 79.9. The van der Waals surface area contributed by atoms with Gasteiger partial charge in [-0.3, -0.25) is 4.79 Å². The zero-order valence-corrected chi connectivity index (χ0v) is 11.5. The Balaban J connectivity index is 2.92. The summed E-state index contributed by atoms with van der Waals surface area (Å²) in [6.45, 7) is 0. The molecule has 0 heterocycles. The van der Waals surface area contributed by atoms with E-state index in [1.54, 1.807) is 0 Å². The zero-order valence-electron chi connectivity index (χ0n) is 9.15. The molecule has 0 aliphatic heterocycles. The largest absolute Gasteiger partial charge is 0.418 e. The molecule has 0 saturated heterocycles. The molecule has 0 radical (unpaired) electrons. The fraction of sp³-hybridized carbons (Fsp3) is 0.364. The van der Waals surface area contributed by atoms with Gasteiger partial charge in [0.2, 0.25) is 5.91 Å². The van der Waals surface area contributed by atoms with Gasteiger partial charge in [-0.2, -0.15) is 13.2 Å². The lowest BCUT2D eigenvalue weighted by molar-refractivity contribution is -0.137. The number of carbonyl (C=O) groups excluding carboxylic acids is 1. The summed E-state index contributed by atoms with van der Waals surface area (Å²) in [6.07, 6.45) is -4.00. The van der Waals surface area contributed by atoms with Crippen LogP contribution in [-0.2, 0) is 11.0 Å². The first-order valence-electron chi connectivity index (χ1n) is 5.07. The molecule has 2 nitrogen and oxygen atoms in total. The van der Waals surface area contributed by atoms with Crippen molar-refractivity contribution in [2.45, 2.75) is 19.0 Å². The molecule has 1 amide bonds. The van der Waals surface area contributed by atoms with Gasteiger partial charge in [0, 0.05) is 16.8 Å². The van der Waals surface area contributed by atoms with Gasteiger partial charge in [-0.15, -0.1) is 11.6 Å². The summed E-state index contributed by atoms with van der Waals surface area (Å²) >= 11 is 8.37. The van der Waals surface area contributed by atoms with Crippen molar-refractivity contribution < 1.29 is 18.0 Å². The standard InChI is InChI=1S/C11H10BrClF3NO/c12-7-3-4-9(8(6-7)11(14,15)16)17-10(18)2-1-5-13/h3-4,6H,1-2,5H2,(H,17,18). The fourth-order valence-electron chi connectivity index (χ4n) is 1.30. The number of carbonyl (C=O) groups is 1. The van der Waals surface area contributed by atoms with Crippen molar-refractivity contribution in [2.75, 3.05) is 11.2 Å². The van der Waals surface area contributed by atoms with Gasteiger partial charge >= 0.3 is 6.18 Å². The maximum absolute atomic E-state index is 12.7. The number of hydrogen-bond acceptors (Lipinski definition) is 1. The van der Waals surface area contributed by atoms with Crippen molar-refractivity contribution in [3.8, 4) is 0 Å². The quantitative estimate of drug-likeness (QED) is 0.805. The minimum absolute atomic E-state index is 0.0941. The highest BCUT2D eigenvalue weighted by Gasteiger charge is 2.34. The summed E-state index contributed by atoms with van der Waals surface area (Å²) in [5.41, 5.74) is -1.12. The molecule has 1 rings (SSSR count). The zero-order chi connectivity index (χ0) is 13.8. The molecule has 100 valence electrons. The molecule has 18 heavy (non-hydrogen) atoms. The average molecular weight is 345 g/mol. The Kier molecular flexibility index (Phi) is 5.47. The third-order valence-electron chi connectivity index (χ3n) is 2.10. The molecule has 0 aromatic heterocycles. The lowest BCUT2D eigenvalue weighted by atomic mass is 10.1. The predicted molar refractivity (Wildman–Crippen MR) is 67.7 cm³/mol. The van der Waals surface area contributed by atoms with Gasteiger partial charge in [0.25, 0.3) is 0 Å². The van der Waals surface area contributed by atoms with Crippen LogP contribution in [0.3, 0.4) is 0 Å². The van der Waals surface area contributed by atoms with Crippen LogP contribution < -0.4 is 5.32 Å². The Labute approximate surface area is 116 Å². The third kappa shape index (κ3) is 4.49. The Morgan fingerprint density at radius 2 is 2.06 bits per heavy atom. The van der Waals surface area contributed by atoms with E-state index in [-0.39, 0.29) is 12.1 Å². The lowest BCUT2D eigenvalue weighted by Crippen LogP contribution is -2.16.